The van der Waals surface area contributed by atoms with Gasteiger partial charge in [0.15, 0.2) is 0 Å². The Kier molecular flexibility index (Phi) is 6.63. The lowest BCUT2D eigenvalue weighted by molar-refractivity contribution is 0.320. The zero-order valence-corrected chi connectivity index (χ0v) is 14.7. The highest BCUT2D eigenvalue weighted by molar-refractivity contribution is 7.85. The maximum Gasteiger partial charge on any atom is 0.264 e. The van der Waals surface area contributed by atoms with Crippen molar-refractivity contribution in [2.75, 3.05) is 26.6 Å². The van der Waals surface area contributed by atoms with Crippen LogP contribution in [0.25, 0.3) is 0 Å². The van der Waals surface area contributed by atoms with Gasteiger partial charge in [0.2, 0.25) is 0 Å². The Labute approximate surface area is 143 Å². The molecule has 2 aromatic carbocycles. The summed E-state index contributed by atoms with van der Waals surface area (Å²) in [6.45, 7) is 0.735. The van der Waals surface area contributed by atoms with E-state index in [0.717, 1.165) is 29.7 Å². The van der Waals surface area contributed by atoms with Crippen molar-refractivity contribution < 1.29 is 22.1 Å². The average molecular weight is 350 g/mol. The highest BCUT2D eigenvalue weighted by atomic mass is 32.2. The van der Waals surface area contributed by atoms with Gasteiger partial charge in [-0.1, -0.05) is 24.3 Å². The van der Waals surface area contributed by atoms with Gasteiger partial charge in [0.25, 0.3) is 10.1 Å². The van der Waals surface area contributed by atoms with Crippen LogP contribution in [0.4, 0.5) is 0 Å². The van der Waals surface area contributed by atoms with Crippen LogP contribution < -0.4 is 9.47 Å². The molecule has 0 N–H and O–H groups in total. The second-order valence-electron chi connectivity index (χ2n) is 5.37. The van der Waals surface area contributed by atoms with Crippen LogP contribution in [0, 0.1) is 0 Å². The van der Waals surface area contributed by atoms with Crippen LogP contribution in [0.2, 0.25) is 0 Å². The normalized spacial score (nSPS) is 11.2. The van der Waals surface area contributed by atoms with Crippen LogP contribution in [-0.4, -0.2) is 35.0 Å². The standard InChI is InChI=1S/C18H22O5S/c1-21-17-7-3-15(4-8-17)11-13-22-18-9-5-16(6-10-18)12-14-23-24(2,19)20/h3-10H,11-14H2,1-2H3. The van der Waals surface area contributed by atoms with E-state index in [1.54, 1.807) is 7.11 Å². The highest BCUT2D eigenvalue weighted by Crippen LogP contribution is 2.15. The quantitative estimate of drug-likeness (QED) is 0.651. The van der Waals surface area contributed by atoms with Crippen LogP contribution in [0.5, 0.6) is 11.5 Å². The zero-order valence-electron chi connectivity index (χ0n) is 13.9. The van der Waals surface area contributed by atoms with Gasteiger partial charge in [0.05, 0.1) is 26.6 Å². The third-order valence-electron chi connectivity index (χ3n) is 3.43. The van der Waals surface area contributed by atoms with E-state index in [2.05, 4.69) is 0 Å². The molecule has 0 saturated heterocycles. The Morgan fingerprint density at radius 1 is 0.792 bits per heavy atom. The molecule has 130 valence electrons. The lowest BCUT2D eigenvalue weighted by Gasteiger charge is -2.08. The summed E-state index contributed by atoms with van der Waals surface area (Å²) >= 11 is 0. The molecule has 0 atom stereocenters. The monoisotopic (exact) mass is 350 g/mol. The Balaban J connectivity index is 1.74. The minimum absolute atomic E-state index is 0.149. The second-order valence-corrected chi connectivity index (χ2v) is 7.01. The predicted molar refractivity (Wildman–Crippen MR) is 93.1 cm³/mol. The SMILES string of the molecule is COc1ccc(CCOc2ccc(CCOS(C)(=O)=O)cc2)cc1. The van der Waals surface area contributed by atoms with E-state index in [9.17, 15) is 8.42 Å². The van der Waals surface area contributed by atoms with Gasteiger partial charge in [-0.05, 0) is 41.8 Å². The molecule has 0 fully saturated rings. The number of hydrogen-bond donors (Lipinski definition) is 0. The molecule has 6 heteroatoms. The molecule has 0 aliphatic heterocycles. The molecule has 0 amide bonds. The average Bonchev–Trinajstić information content (AvgIpc) is 2.56. The zero-order chi connectivity index (χ0) is 17.4. The topological polar surface area (TPSA) is 61.8 Å². The van der Waals surface area contributed by atoms with E-state index in [0.29, 0.717) is 13.0 Å². The van der Waals surface area contributed by atoms with Gasteiger partial charge in [-0.3, -0.25) is 4.18 Å². The summed E-state index contributed by atoms with van der Waals surface area (Å²) in [6.07, 6.45) is 2.40. The first-order valence-corrected chi connectivity index (χ1v) is 9.47. The summed E-state index contributed by atoms with van der Waals surface area (Å²) in [5.74, 6) is 1.63. The summed E-state index contributed by atoms with van der Waals surface area (Å²) < 4.78 is 37.4. The summed E-state index contributed by atoms with van der Waals surface area (Å²) in [5, 5.41) is 0. The fourth-order valence-electron chi connectivity index (χ4n) is 2.14. The lowest BCUT2D eigenvalue weighted by Crippen LogP contribution is -2.06. The summed E-state index contributed by atoms with van der Waals surface area (Å²) in [4.78, 5) is 0. The van der Waals surface area contributed by atoms with Crippen LogP contribution in [-0.2, 0) is 27.1 Å². The third kappa shape index (κ3) is 6.60. The fourth-order valence-corrected chi connectivity index (χ4v) is 2.53. The molecule has 0 unspecified atom stereocenters. The van der Waals surface area contributed by atoms with Gasteiger partial charge in [-0.2, -0.15) is 8.42 Å². The molecule has 0 aliphatic carbocycles. The first-order valence-electron chi connectivity index (χ1n) is 7.65. The number of ether oxygens (including phenoxy) is 2. The van der Waals surface area contributed by atoms with E-state index in [1.165, 1.54) is 5.56 Å². The van der Waals surface area contributed by atoms with Crippen molar-refractivity contribution in [3.63, 3.8) is 0 Å². The number of benzene rings is 2. The molecule has 0 aromatic heterocycles. The molecule has 2 aromatic rings. The van der Waals surface area contributed by atoms with Gasteiger partial charge in [-0.15, -0.1) is 0 Å². The first-order chi connectivity index (χ1) is 11.5. The van der Waals surface area contributed by atoms with E-state index >= 15 is 0 Å². The maximum atomic E-state index is 10.9. The molecule has 0 bridgehead atoms. The molecule has 24 heavy (non-hydrogen) atoms. The summed E-state index contributed by atoms with van der Waals surface area (Å²) in [5.41, 5.74) is 2.19. The van der Waals surface area contributed by atoms with E-state index in [-0.39, 0.29) is 6.61 Å². The molecular formula is C18H22O5S. The Hall–Kier alpha value is -2.05. The molecule has 0 heterocycles. The van der Waals surface area contributed by atoms with Crippen LogP contribution in [0.15, 0.2) is 48.5 Å². The molecule has 5 nitrogen and oxygen atoms in total. The Bertz CT molecular complexity index is 721. The third-order valence-corrected chi connectivity index (χ3v) is 4.02. The van der Waals surface area contributed by atoms with Gasteiger partial charge >= 0.3 is 0 Å². The van der Waals surface area contributed by atoms with Gasteiger partial charge in [0, 0.05) is 6.42 Å². The number of hydrogen-bond acceptors (Lipinski definition) is 5. The Morgan fingerprint density at radius 2 is 1.29 bits per heavy atom. The molecular weight excluding hydrogens is 328 g/mol. The number of methoxy groups -OCH3 is 1. The minimum atomic E-state index is -3.38. The highest BCUT2D eigenvalue weighted by Gasteiger charge is 2.02. The van der Waals surface area contributed by atoms with Gasteiger partial charge in [0.1, 0.15) is 11.5 Å². The molecule has 0 spiro atoms. The maximum absolute atomic E-state index is 10.9. The molecule has 0 saturated carbocycles. The Morgan fingerprint density at radius 3 is 1.79 bits per heavy atom. The molecule has 0 radical (unpaired) electrons. The van der Waals surface area contributed by atoms with Crippen molar-refractivity contribution >= 4 is 10.1 Å². The van der Waals surface area contributed by atoms with Crippen molar-refractivity contribution in [3.8, 4) is 11.5 Å². The van der Waals surface area contributed by atoms with Crippen molar-refractivity contribution in [1.82, 2.24) is 0 Å². The lowest BCUT2D eigenvalue weighted by atomic mass is 10.1. The minimum Gasteiger partial charge on any atom is -0.497 e. The largest absolute Gasteiger partial charge is 0.497 e. The van der Waals surface area contributed by atoms with Crippen molar-refractivity contribution in [3.05, 3.63) is 59.7 Å². The number of rotatable bonds is 9. The van der Waals surface area contributed by atoms with Crippen molar-refractivity contribution in [2.24, 2.45) is 0 Å². The van der Waals surface area contributed by atoms with Crippen molar-refractivity contribution in [1.29, 1.82) is 0 Å². The van der Waals surface area contributed by atoms with Crippen molar-refractivity contribution in [2.45, 2.75) is 12.8 Å². The fraction of sp³-hybridized carbons (Fsp3) is 0.333. The summed E-state index contributed by atoms with van der Waals surface area (Å²) in [6, 6.07) is 15.5. The molecule has 0 aliphatic rings. The predicted octanol–water partition coefficient (Wildman–Crippen LogP) is 2.84. The molecule has 2 rings (SSSR count). The van der Waals surface area contributed by atoms with Crippen LogP contribution in [0.3, 0.4) is 0 Å². The summed E-state index contributed by atoms with van der Waals surface area (Å²) in [7, 11) is -1.73. The van der Waals surface area contributed by atoms with E-state index < -0.39 is 10.1 Å². The second kappa shape index (κ2) is 8.70. The smallest absolute Gasteiger partial charge is 0.264 e. The van der Waals surface area contributed by atoms with Gasteiger partial charge < -0.3 is 9.47 Å². The van der Waals surface area contributed by atoms with Crippen LogP contribution >= 0.6 is 0 Å². The van der Waals surface area contributed by atoms with E-state index in [4.69, 9.17) is 13.7 Å². The van der Waals surface area contributed by atoms with E-state index in [1.807, 2.05) is 48.5 Å². The van der Waals surface area contributed by atoms with Gasteiger partial charge in [-0.25, -0.2) is 0 Å². The van der Waals surface area contributed by atoms with Crippen LogP contribution in [0.1, 0.15) is 11.1 Å². The first kappa shape index (κ1) is 18.3.